The normalized spacial score (nSPS) is 10.5. The van der Waals surface area contributed by atoms with Crippen LogP contribution in [-0.4, -0.2) is 26.3 Å². The Morgan fingerprint density at radius 1 is 1.04 bits per heavy atom. The second-order valence-electron chi connectivity index (χ2n) is 5.08. The van der Waals surface area contributed by atoms with Gasteiger partial charge in [-0.25, -0.2) is 9.37 Å². The Balaban J connectivity index is 2.11. The van der Waals surface area contributed by atoms with Crippen LogP contribution in [0.5, 0.6) is 11.5 Å². The number of ether oxygens (including phenoxy) is 2. The lowest BCUT2D eigenvalue weighted by Gasteiger charge is -2.09. The van der Waals surface area contributed by atoms with Crippen molar-refractivity contribution in [2.24, 2.45) is 0 Å². The second-order valence-corrected chi connectivity index (χ2v) is 5.08. The second kappa shape index (κ2) is 6.62. The van der Waals surface area contributed by atoms with Gasteiger partial charge in [0.1, 0.15) is 23.0 Å². The van der Waals surface area contributed by atoms with Crippen LogP contribution in [0.25, 0.3) is 22.6 Å². The van der Waals surface area contributed by atoms with E-state index in [0.29, 0.717) is 39.8 Å². The fourth-order valence-corrected chi connectivity index (χ4v) is 2.44. The molecule has 1 N–H and O–H groups in total. The molecule has 5 nitrogen and oxygen atoms in total. The number of anilines is 1. The maximum absolute atomic E-state index is 14.4. The summed E-state index contributed by atoms with van der Waals surface area (Å²) in [5.41, 5.74) is 2.25. The highest BCUT2D eigenvalue weighted by molar-refractivity contribution is 5.79. The maximum atomic E-state index is 14.4. The van der Waals surface area contributed by atoms with Crippen LogP contribution in [0, 0.1) is 5.82 Å². The van der Waals surface area contributed by atoms with Crippen molar-refractivity contribution in [2.45, 2.75) is 0 Å². The molecule has 1 aromatic heterocycles. The predicted molar refractivity (Wildman–Crippen MR) is 90.0 cm³/mol. The molecule has 0 saturated heterocycles. The number of methoxy groups -OCH3 is 2. The Morgan fingerprint density at radius 2 is 1.75 bits per heavy atom. The van der Waals surface area contributed by atoms with Crippen LogP contribution in [0.3, 0.4) is 0 Å². The predicted octanol–water partition coefficient (Wildman–Crippen LogP) is 4.21. The molecule has 124 valence electrons. The quantitative estimate of drug-likeness (QED) is 0.760. The zero-order valence-electron chi connectivity index (χ0n) is 13.6. The van der Waals surface area contributed by atoms with Crippen molar-refractivity contribution in [3.05, 3.63) is 48.6 Å². The minimum atomic E-state index is -0.394. The molecule has 0 aliphatic carbocycles. The van der Waals surface area contributed by atoms with Crippen LogP contribution in [-0.2, 0) is 0 Å². The highest BCUT2D eigenvalue weighted by atomic mass is 19.1. The van der Waals surface area contributed by atoms with Crippen molar-refractivity contribution in [2.75, 3.05) is 26.6 Å². The Labute approximate surface area is 139 Å². The molecule has 3 aromatic rings. The van der Waals surface area contributed by atoms with E-state index in [1.807, 2.05) is 0 Å². The summed E-state index contributed by atoms with van der Waals surface area (Å²) in [5, 5.41) is 2.90. The molecule has 0 atom stereocenters. The molecule has 0 aliphatic heterocycles. The molecular weight excluding hydrogens is 311 g/mol. The number of halogens is 1. The van der Waals surface area contributed by atoms with Crippen LogP contribution in [0.1, 0.15) is 0 Å². The number of hydrogen-bond acceptors (Lipinski definition) is 5. The molecule has 3 rings (SSSR count). The number of aromatic nitrogens is 1. The van der Waals surface area contributed by atoms with Gasteiger partial charge >= 0.3 is 0 Å². The third kappa shape index (κ3) is 2.90. The van der Waals surface area contributed by atoms with Crippen LogP contribution >= 0.6 is 0 Å². The van der Waals surface area contributed by atoms with E-state index in [0.717, 1.165) is 0 Å². The minimum Gasteiger partial charge on any atom is -0.497 e. The van der Waals surface area contributed by atoms with E-state index < -0.39 is 5.82 Å². The number of nitrogens with zero attached hydrogens (tertiary/aromatic N) is 1. The highest BCUT2D eigenvalue weighted by Crippen LogP contribution is 2.36. The van der Waals surface area contributed by atoms with E-state index >= 15 is 0 Å². The van der Waals surface area contributed by atoms with E-state index in [1.54, 1.807) is 51.6 Å². The third-order valence-corrected chi connectivity index (χ3v) is 3.69. The van der Waals surface area contributed by atoms with Gasteiger partial charge in [-0.2, -0.15) is 0 Å². The summed E-state index contributed by atoms with van der Waals surface area (Å²) in [6.45, 7) is 0. The average molecular weight is 328 g/mol. The molecule has 0 unspecified atom stereocenters. The Morgan fingerprint density at radius 3 is 2.33 bits per heavy atom. The van der Waals surface area contributed by atoms with Crippen LogP contribution in [0.2, 0.25) is 0 Å². The topological polar surface area (TPSA) is 56.5 Å². The van der Waals surface area contributed by atoms with Gasteiger partial charge in [0.15, 0.2) is 12.2 Å². The summed E-state index contributed by atoms with van der Waals surface area (Å²) < 4.78 is 30.4. The smallest absolute Gasteiger partial charge is 0.182 e. The first-order valence-electron chi connectivity index (χ1n) is 7.31. The van der Waals surface area contributed by atoms with Crippen molar-refractivity contribution in [3.63, 3.8) is 0 Å². The van der Waals surface area contributed by atoms with Gasteiger partial charge < -0.3 is 19.2 Å². The maximum Gasteiger partial charge on any atom is 0.182 e. The van der Waals surface area contributed by atoms with Crippen LogP contribution in [0.4, 0.5) is 10.1 Å². The highest BCUT2D eigenvalue weighted by Gasteiger charge is 2.18. The first-order chi connectivity index (χ1) is 11.7. The number of nitrogens with one attached hydrogen (secondary N) is 1. The Kier molecular flexibility index (Phi) is 4.37. The molecule has 0 spiro atoms. The Bertz CT molecular complexity index is 839. The minimum absolute atomic E-state index is 0.336. The number of oxazole rings is 1. The zero-order valence-corrected chi connectivity index (χ0v) is 13.6. The van der Waals surface area contributed by atoms with Gasteiger partial charge in [0.25, 0.3) is 0 Å². The first kappa shape index (κ1) is 15.9. The largest absolute Gasteiger partial charge is 0.497 e. The van der Waals surface area contributed by atoms with Crippen LogP contribution in [0.15, 0.2) is 47.2 Å². The van der Waals surface area contributed by atoms with E-state index in [2.05, 4.69) is 10.3 Å². The zero-order chi connectivity index (χ0) is 17.1. The van der Waals surface area contributed by atoms with Crippen molar-refractivity contribution < 1.29 is 18.3 Å². The molecule has 0 aliphatic rings. The van der Waals surface area contributed by atoms with Gasteiger partial charge in [-0.1, -0.05) is 0 Å². The summed E-state index contributed by atoms with van der Waals surface area (Å²) in [6.07, 6.45) is 1.29. The number of rotatable bonds is 5. The lowest BCUT2D eigenvalue weighted by atomic mass is 10.0. The number of hydrogen-bond donors (Lipinski definition) is 1. The van der Waals surface area contributed by atoms with Gasteiger partial charge in [-0.05, 0) is 30.3 Å². The van der Waals surface area contributed by atoms with Crippen LogP contribution < -0.4 is 14.8 Å². The summed E-state index contributed by atoms with van der Waals surface area (Å²) in [5.74, 6) is 1.19. The fourth-order valence-electron chi connectivity index (χ4n) is 2.44. The van der Waals surface area contributed by atoms with Gasteiger partial charge in [0.2, 0.25) is 0 Å². The molecule has 1 heterocycles. The Hall–Kier alpha value is -3.02. The number of benzene rings is 2. The van der Waals surface area contributed by atoms with Crippen molar-refractivity contribution in [1.82, 2.24) is 4.98 Å². The molecule has 0 bridgehead atoms. The molecule has 0 fully saturated rings. The molecule has 0 amide bonds. The molecule has 24 heavy (non-hydrogen) atoms. The van der Waals surface area contributed by atoms with E-state index in [9.17, 15) is 4.39 Å². The molecule has 6 heteroatoms. The molecule has 0 radical (unpaired) electrons. The van der Waals surface area contributed by atoms with Gasteiger partial charge in [0.05, 0.1) is 19.8 Å². The standard InChI is InChI=1S/C18H17FN2O3/c1-20-12-4-5-15(16(19)8-12)18-17(21-10-24-18)11-6-13(22-2)9-14(7-11)23-3/h4-10,20H,1-3H3. The van der Waals surface area contributed by atoms with E-state index in [4.69, 9.17) is 13.9 Å². The van der Waals surface area contributed by atoms with E-state index in [-0.39, 0.29) is 0 Å². The SMILES string of the molecule is CNc1ccc(-c2ocnc2-c2cc(OC)cc(OC)c2)c(F)c1. The molecular formula is C18H17FN2O3. The monoisotopic (exact) mass is 328 g/mol. The van der Waals surface area contributed by atoms with Crippen molar-refractivity contribution in [1.29, 1.82) is 0 Å². The van der Waals surface area contributed by atoms with Gasteiger partial charge in [-0.15, -0.1) is 0 Å². The summed E-state index contributed by atoms with van der Waals surface area (Å²) in [6, 6.07) is 10.2. The van der Waals surface area contributed by atoms with Crippen molar-refractivity contribution in [3.8, 4) is 34.1 Å². The summed E-state index contributed by atoms with van der Waals surface area (Å²) in [7, 11) is 4.87. The fraction of sp³-hybridized carbons (Fsp3) is 0.167. The molecule has 2 aromatic carbocycles. The van der Waals surface area contributed by atoms with E-state index in [1.165, 1.54) is 12.5 Å². The summed E-state index contributed by atoms with van der Waals surface area (Å²) >= 11 is 0. The lowest BCUT2D eigenvalue weighted by Crippen LogP contribution is -1.93. The first-order valence-corrected chi connectivity index (χ1v) is 7.31. The molecule has 0 saturated carbocycles. The summed E-state index contributed by atoms with van der Waals surface area (Å²) in [4.78, 5) is 4.24. The third-order valence-electron chi connectivity index (χ3n) is 3.69. The van der Waals surface area contributed by atoms with Gasteiger partial charge in [0, 0.05) is 24.4 Å². The van der Waals surface area contributed by atoms with Gasteiger partial charge in [-0.3, -0.25) is 0 Å². The average Bonchev–Trinajstić information content (AvgIpc) is 3.10. The lowest BCUT2D eigenvalue weighted by molar-refractivity contribution is 0.394. The van der Waals surface area contributed by atoms with Crippen molar-refractivity contribution >= 4 is 5.69 Å².